The van der Waals surface area contributed by atoms with Gasteiger partial charge in [0.25, 0.3) is 0 Å². The van der Waals surface area contributed by atoms with Crippen molar-refractivity contribution < 1.29 is 4.74 Å². The molecule has 0 fully saturated rings. The maximum Gasteiger partial charge on any atom is 0.160 e. The van der Waals surface area contributed by atoms with Crippen molar-refractivity contribution >= 4 is 21.7 Å². The van der Waals surface area contributed by atoms with Crippen LogP contribution in [0.3, 0.4) is 0 Å². The zero-order valence-corrected chi connectivity index (χ0v) is 31.3. The molecule has 4 nitrogen and oxygen atoms in total. The number of aromatic nitrogens is 3. The summed E-state index contributed by atoms with van der Waals surface area (Å²) in [5.74, 6) is 2.40. The molecule has 0 saturated carbocycles. The van der Waals surface area contributed by atoms with Crippen molar-refractivity contribution in [2.24, 2.45) is 0 Å². The van der Waals surface area contributed by atoms with Gasteiger partial charge in [0.05, 0.1) is 28.0 Å². The third kappa shape index (κ3) is 4.79. The van der Waals surface area contributed by atoms with Crippen molar-refractivity contribution in [3.8, 4) is 67.8 Å². The van der Waals surface area contributed by atoms with Crippen molar-refractivity contribution in [3.05, 3.63) is 222 Å². The van der Waals surface area contributed by atoms with Gasteiger partial charge in [-0.1, -0.05) is 170 Å². The van der Waals surface area contributed by atoms with E-state index in [0.29, 0.717) is 5.82 Å². The standard InChI is InChI=1S/C54H33N3O/c1-4-16-34(17-5-1)47-33-48(57-53(56-47)36-20-8-3-9-21-36)37-28-29-40-41-31-46-51(32-42(41)52(55-49(40)30-37)35-18-6-2-7-19-35)58-50-27-15-14-26-45(50)54(46)43-24-12-10-22-38(43)39-23-11-13-25-44(39)54/h1-33H. The highest BCUT2D eigenvalue weighted by Gasteiger charge is 2.51. The fraction of sp³-hybridized carbons (Fsp3) is 0.0185. The summed E-state index contributed by atoms with van der Waals surface area (Å²) in [6.45, 7) is 0. The Kier molecular flexibility index (Phi) is 7.11. The van der Waals surface area contributed by atoms with Crippen LogP contribution in [0, 0.1) is 0 Å². The highest BCUT2D eigenvalue weighted by atomic mass is 16.5. The van der Waals surface area contributed by atoms with Gasteiger partial charge in [0, 0.05) is 44.2 Å². The van der Waals surface area contributed by atoms with E-state index in [2.05, 4.69) is 164 Å². The lowest BCUT2D eigenvalue weighted by atomic mass is 9.65. The Morgan fingerprint density at radius 3 is 1.60 bits per heavy atom. The summed E-state index contributed by atoms with van der Waals surface area (Å²) in [4.78, 5) is 15.7. The predicted molar refractivity (Wildman–Crippen MR) is 234 cm³/mol. The highest BCUT2D eigenvalue weighted by Crippen LogP contribution is 2.62. The molecule has 2 aromatic heterocycles. The summed E-state index contributed by atoms with van der Waals surface area (Å²) in [7, 11) is 0. The number of ether oxygens (including phenoxy) is 1. The van der Waals surface area contributed by atoms with Crippen molar-refractivity contribution in [1.82, 2.24) is 15.0 Å². The second-order valence-electron chi connectivity index (χ2n) is 15.1. The zero-order chi connectivity index (χ0) is 38.2. The van der Waals surface area contributed by atoms with Crippen molar-refractivity contribution in [2.45, 2.75) is 5.41 Å². The number of para-hydroxylation sites is 1. The van der Waals surface area contributed by atoms with E-state index in [-0.39, 0.29) is 0 Å². The molecular formula is C54H33N3O. The minimum Gasteiger partial charge on any atom is -0.457 e. The van der Waals surface area contributed by atoms with E-state index in [1.165, 1.54) is 22.3 Å². The fourth-order valence-electron chi connectivity index (χ4n) is 9.40. The normalized spacial score (nSPS) is 13.1. The Labute approximate surface area is 335 Å². The van der Waals surface area contributed by atoms with Crippen LogP contribution in [0.25, 0.3) is 78.0 Å². The lowest BCUT2D eigenvalue weighted by Crippen LogP contribution is -2.32. The molecule has 0 atom stereocenters. The minimum atomic E-state index is -0.573. The predicted octanol–water partition coefficient (Wildman–Crippen LogP) is 13.3. The van der Waals surface area contributed by atoms with Crippen LogP contribution >= 0.6 is 0 Å². The van der Waals surface area contributed by atoms with Crippen LogP contribution in [0.2, 0.25) is 0 Å². The SMILES string of the molecule is c1ccc(-c2cc(-c3ccc4c(c3)nc(-c3ccccc3)c3cc5c(cc34)C3(c4ccccc4O5)c4ccccc4-c4ccccc43)nc(-c3ccccc3)n2)cc1. The fourth-order valence-corrected chi connectivity index (χ4v) is 9.40. The minimum absolute atomic E-state index is 0.573. The number of hydrogen-bond donors (Lipinski definition) is 0. The smallest absolute Gasteiger partial charge is 0.160 e. The average Bonchev–Trinajstić information content (AvgIpc) is 3.59. The van der Waals surface area contributed by atoms with Gasteiger partial charge in [0.15, 0.2) is 5.82 Å². The van der Waals surface area contributed by atoms with Crippen LogP contribution in [-0.2, 0) is 5.41 Å². The first-order chi connectivity index (χ1) is 28.7. The van der Waals surface area contributed by atoms with Gasteiger partial charge in [-0.3, -0.25) is 0 Å². The van der Waals surface area contributed by atoms with E-state index in [1.54, 1.807) is 0 Å². The molecule has 270 valence electrons. The Balaban J connectivity index is 1.14. The van der Waals surface area contributed by atoms with Crippen LogP contribution in [0.15, 0.2) is 200 Å². The molecule has 0 N–H and O–H groups in total. The average molecular weight is 740 g/mol. The lowest BCUT2D eigenvalue weighted by molar-refractivity contribution is 0.437. The van der Waals surface area contributed by atoms with E-state index >= 15 is 0 Å². The largest absolute Gasteiger partial charge is 0.457 e. The monoisotopic (exact) mass is 739 g/mol. The van der Waals surface area contributed by atoms with E-state index in [4.69, 9.17) is 19.7 Å². The second-order valence-corrected chi connectivity index (χ2v) is 15.1. The summed E-state index contributed by atoms with van der Waals surface area (Å²) in [6, 6.07) is 70.6. The molecule has 3 heterocycles. The van der Waals surface area contributed by atoms with Gasteiger partial charge in [-0.05, 0) is 58.0 Å². The Morgan fingerprint density at radius 1 is 0.345 bits per heavy atom. The maximum atomic E-state index is 6.94. The summed E-state index contributed by atoms with van der Waals surface area (Å²) in [6.07, 6.45) is 0. The first-order valence-electron chi connectivity index (χ1n) is 19.7. The molecule has 58 heavy (non-hydrogen) atoms. The van der Waals surface area contributed by atoms with Crippen LogP contribution < -0.4 is 4.74 Å². The number of benzene rings is 8. The van der Waals surface area contributed by atoms with Crippen LogP contribution in [-0.4, -0.2) is 15.0 Å². The third-order valence-corrected chi connectivity index (χ3v) is 11.9. The van der Waals surface area contributed by atoms with Gasteiger partial charge < -0.3 is 4.74 Å². The molecule has 8 aromatic carbocycles. The molecule has 10 aromatic rings. The first-order valence-corrected chi connectivity index (χ1v) is 19.7. The van der Waals surface area contributed by atoms with Gasteiger partial charge in [-0.15, -0.1) is 0 Å². The Morgan fingerprint density at radius 2 is 0.914 bits per heavy atom. The summed E-state index contributed by atoms with van der Waals surface area (Å²) >= 11 is 0. The molecule has 0 radical (unpaired) electrons. The molecule has 0 unspecified atom stereocenters. The molecule has 12 rings (SSSR count). The topological polar surface area (TPSA) is 47.9 Å². The Hall–Kier alpha value is -7.69. The van der Waals surface area contributed by atoms with Gasteiger partial charge >= 0.3 is 0 Å². The maximum absolute atomic E-state index is 6.94. The number of fused-ring (bicyclic) bond motifs is 12. The highest BCUT2D eigenvalue weighted by molar-refractivity contribution is 6.13. The van der Waals surface area contributed by atoms with Gasteiger partial charge in [-0.25, -0.2) is 15.0 Å². The molecule has 4 heteroatoms. The van der Waals surface area contributed by atoms with Crippen LogP contribution in [0.4, 0.5) is 0 Å². The number of pyridine rings is 1. The number of rotatable bonds is 4. The van der Waals surface area contributed by atoms with Crippen molar-refractivity contribution in [1.29, 1.82) is 0 Å². The Bertz CT molecular complexity index is 3150. The van der Waals surface area contributed by atoms with E-state index in [1.807, 2.05) is 36.4 Å². The van der Waals surface area contributed by atoms with E-state index < -0.39 is 5.41 Å². The lowest BCUT2D eigenvalue weighted by Gasteiger charge is -2.39. The van der Waals surface area contributed by atoms with Crippen LogP contribution in [0.1, 0.15) is 22.3 Å². The summed E-state index contributed by atoms with van der Waals surface area (Å²) in [5, 5.41) is 3.23. The molecular weight excluding hydrogens is 707 g/mol. The van der Waals surface area contributed by atoms with E-state index in [0.717, 1.165) is 83.6 Å². The zero-order valence-electron chi connectivity index (χ0n) is 31.3. The number of nitrogens with zero attached hydrogens (tertiary/aromatic N) is 3. The summed E-state index contributed by atoms with van der Waals surface area (Å²) < 4.78 is 6.94. The molecule has 1 spiro atoms. The summed E-state index contributed by atoms with van der Waals surface area (Å²) in [5.41, 5.74) is 14.3. The van der Waals surface area contributed by atoms with Crippen LogP contribution in [0.5, 0.6) is 11.5 Å². The molecule has 2 aliphatic rings. The molecule has 0 saturated heterocycles. The van der Waals surface area contributed by atoms with E-state index in [9.17, 15) is 0 Å². The quantitative estimate of drug-likeness (QED) is 0.169. The third-order valence-electron chi connectivity index (χ3n) is 11.9. The second kappa shape index (κ2) is 12.7. The molecule has 0 bridgehead atoms. The van der Waals surface area contributed by atoms with Crippen molar-refractivity contribution in [2.75, 3.05) is 0 Å². The first kappa shape index (κ1) is 32.5. The van der Waals surface area contributed by atoms with Gasteiger partial charge in [0.1, 0.15) is 11.5 Å². The molecule has 1 aliphatic carbocycles. The van der Waals surface area contributed by atoms with Gasteiger partial charge in [-0.2, -0.15) is 0 Å². The number of hydrogen-bond acceptors (Lipinski definition) is 4. The van der Waals surface area contributed by atoms with Crippen molar-refractivity contribution in [3.63, 3.8) is 0 Å². The molecule has 0 amide bonds. The van der Waals surface area contributed by atoms with Gasteiger partial charge in [0.2, 0.25) is 0 Å². The molecule has 1 aliphatic heterocycles.